The minimum absolute atomic E-state index is 0.0661. The first-order valence-corrected chi connectivity index (χ1v) is 15.4. The summed E-state index contributed by atoms with van der Waals surface area (Å²) in [7, 11) is 1.44. The van der Waals surface area contributed by atoms with Gasteiger partial charge in [-0.05, 0) is 72.8 Å². The van der Waals surface area contributed by atoms with Crippen LogP contribution in [0.1, 0.15) is 39.3 Å². The Hall–Kier alpha value is -4.19. The van der Waals surface area contributed by atoms with Gasteiger partial charge in [-0.1, -0.05) is 6.07 Å². The van der Waals surface area contributed by atoms with Crippen LogP contribution in [0.15, 0.2) is 30.3 Å². The van der Waals surface area contributed by atoms with Crippen molar-refractivity contribution in [2.75, 3.05) is 62.7 Å². The van der Waals surface area contributed by atoms with Crippen LogP contribution in [0.4, 0.5) is 11.5 Å². The van der Waals surface area contributed by atoms with Crippen molar-refractivity contribution in [2.24, 2.45) is 29.6 Å². The Morgan fingerprint density at radius 2 is 1.70 bits per heavy atom. The molecule has 232 valence electrons. The molecule has 1 N–H and O–H groups in total. The van der Waals surface area contributed by atoms with E-state index in [2.05, 4.69) is 30.2 Å². The molecule has 3 amide bonds. The molecule has 1 saturated carbocycles. The van der Waals surface area contributed by atoms with Crippen molar-refractivity contribution < 1.29 is 24.0 Å². The topological polar surface area (TPSA) is 136 Å². The Kier molecular flexibility index (Phi) is 8.44. The first-order valence-electron chi connectivity index (χ1n) is 15.4. The number of hydrogen-bond donors (Lipinski definition) is 1. The van der Waals surface area contributed by atoms with E-state index < -0.39 is 17.9 Å². The molecule has 6 rings (SSSR count). The predicted molar refractivity (Wildman–Crippen MR) is 162 cm³/mol. The van der Waals surface area contributed by atoms with Crippen molar-refractivity contribution in [2.45, 2.75) is 25.8 Å². The van der Waals surface area contributed by atoms with Crippen LogP contribution in [-0.2, 0) is 14.4 Å². The monoisotopic (exact) mass is 601 g/mol. The van der Waals surface area contributed by atoms with Gasteiger partial charge in [0.05, 0.1) is 0 Å². The van der Waals surface area contributed by atoms with E-state index in [1.165, 1.54) is 7.05 Å². The lowest BCUT2D eigenvalue weighted by atomic mass is 10.0. The summed E-state index contributed by atoms with van der Waals surface area (Å²) < 4.78 is 0. The summed E-state index contributed by atoms with van der Waals surface area (Å²) in [5.41, 5.74) is 2.41. The third kappa shape index (κ3) is 5.70. The second-order valence-corrected chi connectivity index (χ2v) is 12.7. The van der Waals surface area contributed by atoms with Crippen LogP contribution in [0.5, 0.6) is 0 Å². The third-order valence-electron chi connectivity index (χ3n) is 10.1. The van der Waals surface area contributed by atoms with Crippen molar-refractivity contribution >= 4 is 42.3 Å². The molecule has 1 aliphatic carbocycles. The molecule has 4 fully saturated rings. The molecule has 5 unspecified atom stereocenters. The van der Waals surface area contributed by atoms with Gasteiger partial charge in [0.2, 0.25) is 12.3 Å². The van der Waals surface area contributed by atoms with Crippen LogP contribution in [0, 0.1) is 36.5 Å². The van der Waals surface area contributed by atoms with Crippen molar-refractivity contribution in [3.05, 3.63) is 47.2 Å². The molecule has 0 spiro atoms. The fourth-order valence-corrected chi connectivity index (χ4v) is 7.65. The van der Waals surface area contributed by atoms with Crippen LogP contribution >= 0.6 is 0 Å². The van der Waals surface area contributed by atoms with Gasteiger partial charge in [0.15, 0.2) is 12.1 Å². The summed E-state index contributed by atoms with van der Waals surface area (Å²) in [6, 6.07) is 8.30. The van der Waals surface area contributed by atoms with Crippen molar-refractivity contribution in [1.82, 2.24) is 25.3 Å². The number of carbonyl (C=O) groups excluding carboxylic acids is 5. The van der Waals surface area contributed by atoms with Gasteiger partial charge in [0.25, 0.3) is 5.91 Å². The average molecular weight is 602 g/mol. The Bertz CT molecular complexity index is 1410. The molecule has 44 heavy (non-hydrogen) atoms. The number of amides is 3. The molecule has 1 aromatic carbocycles. The molecule has 5 atom stereocenters. The Morgan fingerprint density at radius 1 is 0.977 bits per heavy atom. The van der Waals surface area contributed by atoms with Gasteiger partial charge in [-0.3, -0.25) is 24.1 Å². The van der Waals surface area contributed by atoms with E-state index in [0.29, 0.717) is 59.8 Å². The number of anilines is 2. The number of piperidine rings is 1. The lowest BCUT2D eigenvalue weighted by Crippen LogP contribution is -2.48. The van der Waals surface area contributed by atoms with E-state index >= 15 is 0 Å². The van der Waals surface area contributed by atoms with Crippen molar-refractivity contribution in [1.29, 1.82) is 0 Å². The van der Waals surface area contributed by atoms with Gasteiger partial charge in [0, 0.05) is 70.5 Å². The number of imide groups is 1. The number of fused-ring (bicyclic) bond motifs is 2. The molecular formula is C32H39N7O5. The second-order valence-electron chi connectivity index (χ2n) is 12.7. The SMILES string of the molecule is CNC(=O)C(CCC=O)N(C=O)C(=O)c1cc(N2CC3C(CN4CC5CN(c6ccc(C=O)nn6)CC5C4)C3C2)ccc1C. The number of hydrogen-bond acceptors (Lipinski definition) is 10. The highest BCUT2D eigenvalue weighted by Gasteiger charge is 2.56. The number of carbonyl (C=O) groups is 5. The van der Waals surface area contributed by atoms with Crippen LogP contribution in [0.25, 0.3) is 0 Å². The first kappa shape index (κ1) is 29.9. The smallest absolute Gasteiger partial charge is 0.261 e. The first-order chi connectivity index (χ1) is 21.3. The van der Waals surface area contributed by atoms with Gasteiger partial charge >= 0.3 is 0 Å². The molecule has 3 saturated heterocycles. The van der Waals surface area contributed by atoms with Gasteiger partial charge in [-0.15, -0.1) is 10.2 Å². The molecule has 12 heteroatoms. The maximum absolute atomic E-state index is 13.5. The van der Waals surface area contributed by atoms with Crippen LogP contribution in [0.2, 0.25) is 0 Å². The summed E-state index contributed by atoms with van der Waals surface area (Å²) in [5.74, 6) is 3.01. The van der Waals surface area contributed by atoms with Gasteiger partial charge < -0.3 is 24.8 Å². The normalized spacial score (nSPS) is 26.1. The molecular weight excluding hydrogens is 562 g/mol. The van der Waals surface area contributed by atoms with Crippen LogP contribution in [-0.4, -0.2) is 110 Å². The number of likely N-dealkylation sites (N-methyl/N-ethyl adjacent to an activating group) is 1. The van der Waals surface area contributed by atoms with Crippen LogP contribution < -0.4 is 15.1 Å². The summed E-state index contributed by atoms with van der Waals surface area (Å²) in [5, 5.41) is 10.7. The zero-order valence-corrected chi connectivity index (χ0v) is 25.2. The number of nitrogens with zero attached hydrogens (tertiary/aromatic N) is 6. The highest BCUT2D eigenvalue weighted by atomic mass is 16.2. The highest BCUT2D eigenvalue weighted by Crippen LogP contribution is 2.53. The van der Waals surface area contributed by atoms with Gasteiger partial charge in [-0.25, -0.2) is 0 Å². The largest absolute Gasteiger partial charge is 0.371 e. The summed E-state index contributed by atoms with van der Waals surface area (Å²) >= 11 is 0. The van der Waals surface area contributed by atoms with Crippen molar-refractivity contribution in [3.8, 4) is 0 Å². The minimum atomic E-state index is -1.05. The summed E-state index contributed by atoms with van der Waals surface area (Å²) in [6.45, 7) is 8.96. The quantitative estimate of drug-likeness (QED) is 0.352. The highest BCUT2D eigenvalue weighted by molar-refractivity contribution is 6.04. The summed E-state index contributed by atoms with van der Waals surface area (Å²) in [6.07, 6.45) is 1.92. The molecule has 4 aliphatic rings. The Labute approximate surface area is 256 Å². The van der Waals surface area contributed by atoms with E-state index in [9.17, 15) is 24.0 Å². The number of aryl methyl sites for hydroxylation is 1. The van der Waals surface area contributed by atoms with E-state index in [-0.39, 0.29) is 12.8 Å². The Balaban J connectivity index is 1.03. The van der Waals surface area contributed by atoms with E-state index in [1.54, 1.807) is 6.07 Å². The van der Waals surface area contributed by atoms with Gasteiger partial charge in [0.1, 0.15) is 18.0 Å². The Morgan fingerprint density at radius 3 is 2.30 bits per heavy atom. The predicted octanol–water partition coefficient (Wildman–Crippen LogP) is 1.04. The molecule has 2 aromatic rings. The zero-order chi connectivity index (χ0) is 31.0. The molecule has 3 aliphatic heterocycles. The lowest BCUT2D eigenvalue weighted by Gasteiger charge is -2.27. The van der Waals surface area contributed by atoms with E-state index in [0.717, 1.165) is 67.8 Å². The number of benzene rings is 1. The number of likely N-dealkylation sites (tertiary alicyclic amines) is 1. The molecule has 4 heterocycles. The number of nitrogens with one attached hydrogen (secondary N) is 1. The molecule has 1 aromatic heterocycles. The van der Waals surface area contributed by atoms with Gasteiger partial charge in [-0.2, -0.15) is 0 Å². The summed E-state index contributed by atoms with van der Waals surface area (Å²) in [4.78, 5) is 67.9. The number of rotatable bonds is 12. The fourth-order valence-electron chi connectivity index (χ4n) is 7.65. The van der Waals surface area contributed by atoms with E-state index in [4.69, 9.17) is 0 Å². The number of aromatic nitrogens is 2. The molecule has 0 radical (unpaired) electrons. The third-order valence-corrected chi connectivity index (χ3v) is 10.1. The maximum Gasteiger partial charge on any atom is 0.261 e. The number of aldehydes is 2. The fraction of sp³-hybridized carbons (Fsp3) is 0.531. The molecule has 12 nitrogen and oxygen atoms in total. The standard InChI is InChI=1S/C32H39N7O5/c1-20-5-7-24(10-25(20)32(44)39(19-42)29(4-3-9-40)31(43)33-2)37-16-27-26(28(27)17-37)15-36-11-21-13-38(14-22(21)12-36)30-8-6-23(18-41)34-35-30/h5-10,18-19,21-22,26-29H,3-4,11-17H2,1-2H3,(H,33,43). The maximum atomic E-state index is 13.5. The minimum Gasteiger partial charge on any atom is -0.371 e. The van der Waals surface area contributed by atoms with Crippen LogP contribution in [0.3, 0.4) is 0 Å². The van der Waals surface area contributed by atoms with E-state index in [1.807, 2.05) is 31.2 Å². The lowest BCUT2D eigenvalue weighted by molar-refractivity contribution is -0.131. The van der Waals surface area contributed by atoms with Crippen molar-refractivity contribution in [3.63, 3.8) is 0 Å². The molecule has 0 bridgehead atoms. The average Bonchev–Trinajstić information content (AvgIpc) is 3.41. The zero-order valence-electron chi connectivity index (χ0n) is 25.2. The second kappa shape index (κ2) is 12.4.